The Balaban J connectivity index is 1.66. The van der Waals surface area contributed by atoms with Gasteiger partial charge in [-0.05, 0) is 47.9 Å². The van der Waals surface area contributed by atoms with Crippen LogP contribution >= 0.6 is 11.3 Å². The molecule has 1 aliphatic carbocycles. The fourth-order valence-electron chi connectivity index (χ4n) is 3.23. The van der Waals surface area contributed by atoms with Crippen LogP contribution < -0.4 is 10.1 Å². The van der Waals surface area contributed by atoms with E-state index in [-0.39, 0.29) is 0 Å². The maximum absolute atomic E-state index is 5.22. The van der Waals surface area contributed by atoms with Gasteiger partial charge in [-0.25, -0.2) is 0 Å². The Morgan fingerprint density at radius 2 is 1.95 bits per heavy atom. The zero-order valence-electron chi connectivity index (χ0n) is 12.5. The van der Waals surface area contributed by atoms with Crippen LogP contribution in [0.1, 0.15) is 42.2 Å². The highest BCUT2D eigenvalue weighted by atomic mass is 32.1. The molecule has 0 saturated heterocycles. The number of hydrogen-bond acceptors (Lipinski definition) is 3. The quantitative estimate of drug-likeness (QED) is 0.829. The molecular weight excluding hydrogens is 278 g/mol. The highest BCUT2D eigenvalue weighted by Gasteiger charge is 2.26. The van der Waals surface area contributed by atoms with Crippen LogP contribution in [0.15, 0.2) is 41.8 Å². The summed E-state index contributed by atoms with van der Waals surface area (Å²) in [6.45, 7) is 0.920. The fourth-order valence-corrected chi connectivity index (χ4v) is 4.12. The summed E-state index contributed by atoms with van der Waals surface area (Å²) in [4.78, 5) is 1.48. The highest BCUT2D eigenvalue weighted by molar-refractivity contribution is 7.10. The van der Waals surface area contributed by atoms with Crippen LogP contribution in [0.2, 0.25) is 0 Å². The first-order valence-electron chi connectivity index (χ1n) is 7.76. The molecule has 1 N–H and O–H groups in total. The summed E-state index contributed by atoms with van der Waals surface area (Å²) in [6, 6.07) is 13.3. The van der Waals surface area contributed by atoms with Gasteiger partial charge in [-0.15, -0.1) is 11.3 Å². The number of thiophene rings is 1. The van der Waals surface area contributed by atoms with Gasteiger partial charge in [0.25, 0.3) is 0 Å². The van der Waals surface area contributed by atoms with Gasteiger partial charge in [-0.1, -0.05) is 31.0 Å². The Kier molecular flexibility index (Phi) is 4.94. The molecule has 0 aliphatic heterocycles. The van der Waals surface area contributed by atoms with Crippen LogP contribution in [0.25, 0.3) is 0 Å². The van der Waals surface area contributed by atoms with E-state index in [0.717, 1.165) is 18.2 Å². The fraction of sp³-hybridized carbons (Fsp3) is 0.444. The largest absolute Gasteiger partial charge is 0.497 e. The van der Waals surface area contributed by atoms with Gasteiger partial charge >= 0.3 is 0 Å². The van der Waals surface area contributed by atoms with Crippen molar-refractivity contribution in [1.82, 2.24) is 5.32 Å². The van der Waals surface area contributed by atoms with Crippen molar-refractivity contribution in [3.8, 4) is 5.75 Å². The van der Waals surface area contributed by atoms with Gasteiger partial charge in [0.15, 0.2) is 0 Å². The van der Waals surface area contributed by atoms with Gasteiger partial charge in [0.1, 0.15) is 5.75 Å². The van der Waals surface area contributed by atoms with Crippen molar-refractivity contribution in [3.05, 3.63) is 52.2 Å². The Morgan fingerprint density at radius 3 is 2.57 bits per heavy atom. The number of hydrogen-bond donors (Lipinski definition) is 1. The molecule has 3 rings (SSSR count). The average molecular weight is 301 g/mol. The van der Waals surface area contributed by atoms with Crippen LogP contribution in [0.5, 0.6) is 5.75 Å². The van der Waals surface area contributed by atoms with Crippen molar-refractivity contribution in [1.29, 1.82) is 0 Å². The van der Waals surface area contributed by atoms with E-state index in [4.69, 9.17) is 4.74 Å². The molecule has 1 aromatic carbocycles. The van der Waals surface area contributed by atoms with Crippen molar-refractivity contribution >= 4 is 11.3 Å². The van der Waals surface area contributed by atoms with Gasteiger partial charge in [0, 0.05) is 17.5 Å². The van der Waals surface area contributed by atoms with E-state index in [0.29, 0.717) is 6.04 Å². The topological polar surface area (TPSA) is 21.3 Å². The summed E-state index contributed by atoms with van der Waals surface area (Å²) in [7, 11) is 1.71. The lowest BCUT2D eigenvalue weighted by Crippen LogP contribution is -2.26. The zero-order chi connectivity index (χ0) is 14.5. The molecule has 3 heteroatoms. The third-order valence-corrected chi connectivity index (χ3v) is 5.36. The molecule has 1 saturated carbocycles. The Morgan fingerprint density at radius 1 is 1.19 bits per heavy atom. The summed E-state index contributed by atoms with van der Waals surface area (Å²) >= 11 is 1.88. The lowest BCUT2D eigenvalue weighted by molar-refractivity contribution is 0.370. The van der Waals surface area contributed by atoms with Gasteiger partial charge in [-0.2, -0.15) is 0 Å². The smallest absolute Gasteiger partial charge is 0.118 e. The molecular formula is C18H23NOS. The normalized spacial score (nSPS) is 17.0. The molecule has 0 bridgehead atoms. The molecule has 1 atom stereocenters. The van der Waals surface area contributed by atoms with E-state index in [1.165, 1.54) is 36.1 Å². The van der Waals surface area contributed by atoms with Gasteiger partial charge in [-0.3, -0.25) is 0 Å². The first kappa shape index (κ1) is 14.6. The van der Waals surface area contributed by atoms with E-state index < -0.39 is 0 Å². The second-order valence-electron chi connectivity index (χ2n) is 5.77. The summed E-state index contributed by atoms with van der Waals surface area (Å²) in [5.74, 6) is 1.71. The van der Waals surface area contributed by atoms with Crippen molar-refractivity contribution in [2.24, 2.45) is 5.92 Å². The molecule has 1 aromatic heterocycles. The van der Waals surface area contributed by atoms with Crippen LogP contribution in [-0.4, -0.2) is 7.11 Å². The number of ether oxygens (including phenoxy) is 1. The summed E-state index contributed by atoms with van der Waals surface area (Å²) in [5.41, 5.74) is 1.32. The lowest BCUT2D eigenvalue weighted by Gasteiger charge is -2.24. The number of methoxy groups -OCH3 is 1. The minimum Gasteiger partial charge on any atom is -0.497 e. The summed E-state index contributed by atoms with van der Waals surface area (Å²) in [5, 5.41) is 5.97. The summed E-state index contributed by atoms with van der Waals surface area (Å²) in [6.07, 6.45) is 5.49. The molecule has 1 aliphatic rings. The van der Waals surface area contributed by atoms with Crippen LogP contribution in [0.3, 0.4) is 0 Å². The van der Waals surface area contributed by atoms with Crippen LogP contribution in [0, 0.1) is 5.92 Å². The molecule has 21 heavy (non-hydrogen) atoms. The van der Waals surface area contributed by atoms with Crippen molar-refractivity contribution < 1.29 is 4.74 Å². The van der Waals surface area contributed by atoms with Gasteiger partial charge < -0.3 is 10.1 Å². The predicted octanol–water partition coefficient (Wildman–Crippen LogP) is 4.78. The van der Waals surface area contributed by atoms with Crippen LogP contribution in [-0.2, 0) is 6.54 Å². The van der Waals surface area contributed by atoms with E-state index in [9.17, 15) is 0 Å². The SMILES string of the molecule is COc1ccc(CNC(c2cccs2)C2CCCC2)cc1. The van der Waals surface area contributed by atoms with Crippen molar-refractivity contribution in [2.75, 3.05) is 7.11 Å². The molecule has 0 spiro atoms. The maximum Gasteiger partial charge on any atom is 0.118 e. The highest BCUT2D eigenvalue weighted by Crippen LogP contribution is 2.37. The zero-order valence-corrected chi connectivity index (χ0v) is 13.4. The minimum absolute atomic E-state index is 0.509. The van der Waals surface area contributed by atoms with E-state index in [1.807, 2.05) is 23.5 Å². The van der Waals surface area contributed by atoms with Crippen molar-refractivity contribution in [2.45, 2.75) is 38.3 Å². The molecule has 2 nitrogen and oxygen atoms in total. The predicted molar refractivity (Wildman–Crippen MR) is 88.9 cm³/mol. The molecule has 0 radical (unpaired) electrons. The minimum atomic E-state index is 0.509. The Bertz CT molecular complexity index is 529. The molecule has 0 amide bonds. The Hall–Kier alpha value is -1.32. The molecule has 1 fully saturated rings. The second-order valence-corrected chi connectivity index (χ2v) is 6.75. The molecule has 112 valence electrons. The first-order valence-corrected chi connectivity index (χ1v) is 8.64. The van der Waals surface area contributed by atoms with Gasteiger partial charge in [0.05, 0.1) is 7.11 Å². The Labute approximate surface area is 131 Å². The molecule has 1 unspecified atom stereocenters. The van der Waals surface area contributed by atoms with E-state index >= 15 is 0 Å². The average Bonchev–Trinajstić information content (AvgIpc) is 3.22. The van der Waals surface area contributed by atoms with Crippen molar-refractivity contribution in [3.63, 3.8) is 0 Å². The first-order chi connectivity index (χ1) is 10.4. The maximum atomic E-state index is 5.22. The molecule has 2 aromatic rings. The monoisotopic (exact) mass is 301 g/mol. The standard InChI is InChI=1S/C18H23NOS/c1-20-16-10-8-14(9-11-16)13-19-18(15-5-2-3-6-15)17-7-4-12-21-17/h4,7-12,15,18-19H,2-3,5-6,13H2,1H3. The molecule has 1 heterocycles. The van der Waals surface area contributed by atoms with E-state index in [2.05, 4.69) is 35.0 Å². The lowest BCUT2D eigenvalue weighted by atomic mass is 9.96. The second kappa shape index (κ2) is 7.10. The number of rotatable bonds is 6. The number of nitrogens with one attached hydrogen (secondary N) is 1. The third-order valence-electron chi connectivity index (χ3n) is 4.41. The van der Waals surface area contributed by atoms with E-state index in [1.54, 1.807) is 7.11 Å². The number of benzene rings is 1. The van der Waals surface area contributed by atoms with Crippen LogP contribution in [0.4, 0.5) is 0 Å². The summed E-state index contributed by atoms with van der Waals surface area (Å²) < 4.78 is 5.22. The van der Waals surface area contributed by atoms with Gasteiger partial charge in [0.2, 0.25) is 0 Å². The third kappa shape index (κ3) is 3.66.